The van der Waals surface area contributed by atoms with Crippen LogP contribution in [0, 0.1) is 0 Å². The molecule has 0 spiro atoms. The number of hydrogen-bond acceptors (Lipinski definition) is 8. The van der Waals surface area contributed by atoms with Crippen molar-refractivity contribution in [3.63, 3.8) is 0 Å². The average Bonchev–Trinajstić information content (AvgIpc) is 2.60. The molecule has 2 aromatic rings. The van der Waals surface area contributed by atoms with E-state index in [9.17, 15) is 18.0 Å². The fourth-order valence-corrected chi connectivity index (χ4v) is 3.43. The summed E-state index contributed by atoms with van der Waals surface area (Å²) in [6, 6.07) is 6.86. The Morgan fingerprint density at radius 1 is 1.23 bits per heavy atom. The van der Waals surface area contributed by atoms with Crippen LogP contribution in [0.1, 0.15) is 12.5 Å². The molecule has 2 N–H and O–H groups in total. The van der Waals surface area contributed by atoms with Gasteiger partial charge in [-0.05, 0) is 23.4 Å². The van der Waals surface area contributed by atoms with Gasteiger partial charge in [-0.15, -0.1) is 0 Å². The highest BCUT2D eigenvalue weighted by molar-refractivity contribution is 7.99. The first-order valence-electron chi connectivity index (χ1n) is 7.47. The van der Waals surface area contributed by atoms with E-state index in [-0.39, 0.29) is 11.7 Å². The van der Waals surface area contributed by atoms with Crippen LogP contribution in [-0.4, -0.2) is 34.0 Å². The molecule has 142 valence electrons. The molecule has 0 fully saturated rings. The van der Waals surface area contributed by atoms with Gasteiger partial charge < -0.3 is 0 Å². The second kappa shape index (κ2) is 8.82. The molecular weight excluding hydrogens is 404 g/mol. The average molecular weight is 421 g/mol. The van der Waals surface area contributed by atoms with Crippen molar-refractivity contribution in [1.82, 2.24) is 14.1 Å². The molecule has 12 heteroatoms. The summed E-state index contributed by atoms with van der Waals surface area (Å²) in [7, 11) is -4.03. The van der Waals surface area contributed by atoms with Crippen LogP contribution >= 0.6 is 23.4 Å². The number of aromatic nitrogens is 3. The van der Waals surface area contributed by atoms with E-state index in [0.717, 1.165) is 10.1 Å². The van der Waals surface area contributed by atoms with Crippen LogP contribution in [0.3, 0.4) is 0 Å². The third-order valence-corrected chi connectivity index (χ3v) is 5.44. The monoisotopic (exact) mass is 420 g/mol. The molecule has 0 unspecified atom stereocenters. The summed E-state index contributed by atoms with van der Waals surface area (Å²) in [6.45, 7) is 1.60. The molecule has 1 aromatic heterocycles. The van der Waals surface area contributed by atoms with E-state index in [1.54, 1.807) is 24.3 Å². The van der Waals surface area contributed by atoms with E-state index in [0.29, 0.717) is 10.8 Å². The highest BCUT2D eigenvalue weighted by Crippen LogP contribution is 2.15. The molecule has 0 atom stereocenters. The Balaban J connectivity index is 2.46. The van der Waals surface area contributed by atoms with Crippen LogP contribution in [0.2, 0.25) is 5.02 Å². The van der Waals surface area contributed by atoms with Gasteiger partial charge in [0.15, 0.2) is 5.16 Å². The molecule has 0 aliphatic carbocycles. The van der Waals surface area contributed by atoms with Crippen LogP contribution in [0.15, 0.2) is 39.0 Å². The number of thioether (sulfide) groups is 1. The molecule has 0 saturated carbocycles. The van der Waals surface area contributed by atoms with Gasteiger partial charge in [0.2, 0.25) is 0 Å². The second-order valence-electron chi connectivity index (χ2n) is 5.11. The topological polar surface area (TPSA) is 126 Å². The van der Waals surface area contributed by atoms with Crippen LogP contribution in [0.5, 0.6) is 0 Å². The standard InChI is InChI=1S/C14H17ClN4O5S2/c1-2-25-13-17-12(20)18(7-8-26(22,23)24-16)14(21)19(13)9-10-3-5-11(15)6-4-10/h3-6H,2,7-9,16H2,1H3. The number of halogens is 1. The Bertz CT molecular complexity index is 986. The van der Waals surface area contributed by atoms with Gasteiger partial charge in [0.1, 0.15) is 0 Å². The van der Waals surface area contributed by atoms with Gasteiger partial charge in [-0.2, -0.15) is 23.6 Å². The summed E-state index contributed by atoms with van der Waals surface area (Å²) in [5, 5.41) is 0.811. The van der Waals surface area contributed by atoms with Crippen molar-refractivity contribution < 1.29 is 12.7 Å². The molecule has 1 aromatic carbocycles. The number of rotatable bonds is 8. The molecule has 9 nitrogen and oxygen atoms in total. The predicted molar refractivity (Wildman–Crippen MR) is 98.8 cm³/mol. The van der Waals surface area contributed by atoms with Crippen molar-refractivity contribution >= 4 is 33.5 Å². The second-order valence-corrected chi connectivity index (χ2v) is 8.50. The van der Waals surface area contributed by atoms with Gasteiger partial charge in [0, 0.05) is 11.6 Å². The lowest BCUT2D eigenvalue weighted by molar-refractivity contribution is 0.330. The zero-order valence-corrected chi connectivity index (χ0v) is 16.2. The Labute approximate surface area is 158 Å². The lowest BCUT2D eigenvalue weighted by Crippen LogP contribution is -2.44. The molecule has 0 amide bonds. The van der Waals surface area contributed by atoms with Crippen LogP contribution < -0.4 is 17.3 Å². The summed E-state index contributed by atoms with van der Waals surface area (Å²) in [6.07, 6.45) is 0. The van der Waals surface area contributed by atoms with Crippen molar-refractivity contribution in [2.45, 2.75) is 25.2 Å². The Morgan fingerprint density at radius 2 is 1.88 bits per heavy atom. The lowest BCUT2D eigenvalue weighted by atomic mass is 10.2. The predicted octanol–water partition coefficient (Wildman–Crippen LogP) is 0.439. The quantitative estimate of drug-likeness (QED) is 0.481. The lowest BCUT2D eigenvalue weighted by Gasteiger charge is -2.13. The van der Waals surface area contributed by atoms with E-state index in [2.05, 4.69) is 15.2 Å². The normalized spacial score (nSPS) is 11.7. The first-order valence-corrected chi connectivity index (χ1v) is 10.4. The van der Waals surface area contributed by atoms with E-state index in [1.807, 2.05) is 6.92 Å². The van der Waals surface area contributed by atoms with Gasteiger partial charge in [-0.1, -0.05) is 42.4 Å². The summed E-state index contributed by atoms with van der Waals surface area (Å²) >= 11 is 7.10. The summed E-state index contributed by atoms with van der Waals surface area (Å²) in [5.74, 6) is 4.65. The zero-order chi connectivity index (χ0) is 19.3. The molecule has 0 bridgehead atoms. The van der Waals surface area contributed by atoms with Gasteiger partial charge in [-0.3, -0.25) is 4.57 Å². The fourth-order valence-electron chi connectivity index (χ4n) is 2.10. The number of hydrogen-bond donors (Lipinski definition) is 1. The summed E-state index contributed by atoms with van der Waals surface area (Å²) in [4.78, 5) is 28.8. The van der Waals surface area contributed by atoms with E-state index >= 15 is 0 Å². The van der Waals surface area contributed by atoms with Crippen LogP contribution in [0.25, 0.3) is 0 Å². The molecule has 2 rings (SSSR count). The highest BCUT2D eigenvalue weighted by atomic mass is 35.5. The number of benzene rings is 1. The van der Waals surface area contributed by atoms with Gasteiger partial charge in [0.25, 0.3) is 10.1 Å². The molecule has 0 saturated heterocycles. The Hall–Kier alpha value is -1.66. The molecule has 0 aliphatic rings. The first-order chi connectivity index (χ1) is 12.3. The van der Waals surface area contributed by atoms with Crippen molar-refractivity contribution in [2.24, 2.45) is 5.90 Å². The number of nitrogens with two attached hydrogens (primary N) is 1. The van der Waals surface area contributed by atoms with Crippen LogP contribution in [0.4, 0.5) is 0 Å². The van der Waals surface area contributed by atoms with Crippen molar-refractivity contribution in [2.75, 3.05) is 11.5 Å². The van der Waals surface area contributed by atoms with Crippen molar-refractivity contribution in [3.8, 4) is 0 Å². The maximum absolute atomic E-state index is 12.7. The third kappa shape index (κ3) is 5.17. The van der Waals surface area contributed by atoms with Gasteiger partial charge in [-0.25, -0.2) is 14.2 Å². The van der Waals surface area contributed by atoms with Gasteiger partial charge >= 0.3 is 11.4 Å². The van der Waals surface area contributed by atoms with Gasteiger partial charge in [0.05, 0.1) is 12.3 Å². The third-order valence-electron chi connectivity index (χ3n) is 3.35. The molecule has 0 aliphatic heterocycles. The van der Waals surface area contributed by atoms with Crippen molar-refractivity contribution in [1.29, 1.82) is 0 Å². The zero-order valence-electron chi connectivity index (χ0n) is 13.8. The maximum atomic E-state index is 12.7. The van der Waals surface area contributed by atoms with E-state index in [1.165, 1.54) is 16.3 Å². The molecular formula is C14H17ClN4O5S2. The minimum absolute atomic E-state index is 0.158. The maximum Gasteiger partial charge on any atom is 0.354 e. The van der Waals surface area contributed by atoms with E-state index < -0.39 is 33.8 Å². The van der Waals surface area contributed by atoms with E-state index in [4.69, 9.17) is 11.6 Å². The minimum atomic E-state index is -4.03. The largest absolute Gasteiger partial charge is 0.354 e. The Morgan fingerprint density at radius 3 is 2.46 bits per heavy atom. The molecule has 26 heavy (non-hydrogen) atoms. The molecule has 0 radical (unpaired) electrons. The highest BCUT2D eigenvalue weighted by Gasteiger charge is 2.17. The number of nitrogens with zero attached hydrogens (tertiary/aromatic N) is 3. The van der Waals surface area contributed by atoms with Crippen molar-refractivity contribution in [3.05, 3.63) is 55.8 Å². The first kappa shape index (κ1) is 20.6. The molecule has 1 heterocycles. The smallest absolute Gasteiger partial charge is 0.268 e. The summed E-state index contributed by atoms with van der Waals surface area (Å²) in [5.41, 5.74) is -0.715. The Kier molecular flexibility index (Phi) is 7.01. The van der Waals surface area contributed by atoms with Crippen LogP contribution in [-0.2, 0) is 27.5 Å². The summed E-state index contributed by atoms with van der Waals surface area (Å²) < 4.78 is 28.6. The minimum Gasteiger partial charge on any atom is -0.268 e. The fraction of sp³-hybridized carbons (Fsp3) is 0.357. The SMILES string of the molecule is CCSc1nc(=O)n(CCS(=O)(=O)ON)c(=O)n1Cc1ccc(Cl)cc1.